The van der Waals surface area contributed by atoms with E-state index in [1.54, 1.807) is 0 Å². The fourth-order valence-corrected chi connectivity index (χ4v) is 0.972. The Morgan fingerprint density at radius 2 is 1.79 bits per heavy atom. The molecule has 78 valence electrons. The standard InChI is InChI=1S/C12H19NO/c1-10-4-6-11(7-5-10)14-9-12(2,3)8-13/h4-7H,8-9,13H2,1-3H3. The highest BCUT2D eigenvalue weighted by atomic mass is 16.5. The number of ether oxygens (including phenoxy) is 1. The van der Waals surface area contributed by atoms with Gasteiger partial charge < -0.3 is 10.5 Å². The third kappa shape index (κ3) is 3.38. The molecule has 0 saturated heterocycles. The lowest BCUT2D eigenvalue weighted by Crippen LogP contribution is -2.30. The summed E-state index contributed by atoms with van der Waals surface area (Å²) >= 11 is 0. The van der Waals surface area contributed by atoms with Crippen molar-refractivity contribution in [3.05, 3.63) is 29.8 Å². The molecule has 0 atom stereocenters. The minimum absolute atomic E-state index is 0.0465. The SMILES string of the molecule is Cc1ccc(OCC(C)(C)CN)cc1. The van der Waals surface area contributed by atoms with Crippen molar-refractivity contribution < 1.29 is 4.74 Å². The molecule has 2 nitrogen and oxygen atoms in total. The van der Waals surface area contributed by atoms with Crippen LogP contribution in [-0.4, -0.2) is 13.2 Å². The molecule has 1 aromatic carbocycles. The third-order valence-electron chi connectivity index (χ3n) is 2.20. The van der Waals surface area contributed by atoms with E-state index in [9.17, 15) is 0 Å². The molecule has 1 aromatic rings. The maximum absolute atomic E-state index is 5.64. The fourth-order valence-electron chi connectivity index (χ4n) is 0.972. The molecule has 0 saturated carbocycles. The summed E-state index contributed by atoms with van der Waals surface area (Å²) in [5, 5.41) is 0. The summed E-state index contributed by atoms with van der Waals surface area (Å²) in [6, 6.07) is 8.07. The van der Waals surface area contributed by atoms with Gasteiger partial charge >= 0.3 is 0 Å². The average molecular weight is 193 g/mol. The van der Waals surface area contributed by atoms with Gasteiger partial charge in [-0.05, 0) is 19.1 Å². The van der Waals surface area contributed by atoms with Crippen LogP contribution >= 0.6 is 0 Å². The number of hydrogen-bond acceptors (Lipinski definition) is 2. The first-order valence-corrected chi connectivity index (χ1v) is 4.93. The molecule has 0 unspecified atom stereocenters. The van der Waals surface area contributed by atoms with Gasteiger partial charge in [-0.25, -0.2) is 0 Å². The molecule has 0 heterocycles. The van der Waals surface area contributed by atoms with Crippen molar-refractivity contribution in [2.75, 3.05) is 13.2 Å². The van der Waals surface area contributed by atoms with Crippen LogP contribution in [-0.2, 0) is 0 Å². The van der Waals surface area contributed by atoms with Crippen LogP contribution in [0.5, 0.6) is 5.75 Å². The minimum Gasteiger partial charge on any atom is -0.493 e. The molecular weight excluding hydrogens is 174 g/mol. The van der Waals surface area contributed by atoms with Crippen LogP contribution in [0.1, 0.15) is 19.4 Å². The van der Waals surface area contributed by atoms with E-state index in [0.29, 0.717) is 13.2 Å². The van der Waals surface area contributed by atoms with Crippen LogP contribution in [0.15, 0.2) is 24.3 Å². The average Bonchev–Trinajstić information content (AvgIpc) is 2.17. The molecule has 0 spiro atoms. The third-order valence-corrected chi connectivity index (χ3v) is 2.20. The van der Waals surface area contributed by atoms with E-state index in [-0.39, 0.29) is 5.41 Å². The second kappa shape index (κ2) is 4.47. The predicted molar refractivity (Wildman–Crippen MR) is 59.5 cm³/mol. The number of hydrogen-bond donors (Lipinski definition) is 1. The molecule has 0 fully saturated rings. The lowest BCUT2D eigenvalue weighted by Gasteiger charge is -2.22. The normalized spacial score (nSPS) is 11.4. The van der Waals surface area contributed by atoms with Crippen LogP contribution in [0.4, 0.5) is 0 Å². The Hall–Kier alpha value is -1.02. The van der Waals surface area contributed by atoms with Gasteiger partial charge in [0.25, 0.3) is 0 Å². The zero-order valence-electron chi connectivity index (χ0n) is 9.21. The zero-order chi connectivity index (χ0) is 10.6. The Morgan fingerprint density at radius 3 is 2.29 bits per heavy atom. The second-order valence-electron chi connectivity index (χ2n) is 4.47. The van der Waals surface area contributed by atoms with Crippen molar-refractivity contribution in [2.45, 2.75) is 20.8 Å². The molecule has 14 heavy (non-hydrogen) atoms. The summed E-state index contributed by atoms with van der Waals surface area (Å²) < 4.78 is 5.64. The Labute approximate surface area is 86.1 Å². The number of aryl methyl sites for hydroxylation is 1. The Balaban J connectivity index is 2.50. The summed E-state index contributed by atoms with van der Waals surface area (Å²) in [6.07, 6.45) is 0. The summed E-state index contributed by atoms with van der Waals surface area (Å²) in [5.74, 6) is 0.914. The number of rotatable bonds is 4. The minimum atomic E-state index is 0.0465. The molecular formula is C12H19NO. The lowest BCUT2D eigenvalue weighted by atomic mass is 9.95. The molecule has 2 heteroatoms. The second-order valence-corrected chi connectivity index (χ2v) is 4.47. The van der Waals surface area contributed by atoms with Crippen molar-refractivity contribution in [1.29, 1.82) is 0 Å². The summed E-state index contributed by atoms with van der Waals surface area (Å²) in [5.41, 5.74) is 6.91. The van der Waals surface area contributed by atoms with Crippen molar-refractivity contribution in [1.82, 2.24) is 0 Å². The van der Waals surface area contributed by atoms with Gasteiger partial charge in [0.1, 0.15) is 5.75 Å². The molecule has 0 aliphatic rings. The first-order chi connectivity index (χ1) is 6.53. The fraction of sp³-hybridized carbons (Fsp3) is 0.500. The van der Waals surface area contributed by atoms with Crippen molar-refractivity contribution in [3.8, 4) is 5.75 Å². The summed E-state index contributed by atoms with van der Waals surface area (Å²) in [7, 11) is 0. The molecule has 0 aromatic heterocycles. The highest BCUT2D eigenvalue weighted by Gasteiger charge is 2.16. The van der Waals surface area contributed by atoms with Gasteiger partial charge in [0.15, 0.2) is 0 Å². The number of nitrogens with two attached hydrogens (primary N) is 1. The van der Waals surface area contributed by atoms with Crippen molar-refractivity contribution >= 4 is 0 Å². The number of benzene rings is 1. The van der Waals surface area contributed by atoms with Gasteiger partial charge in [0, 0.05) is 12.0 Å². The highest BCUT2D eigenvalue weighted by Crippen LogP contribution is 2.17. The van der Waals surface area contributed by atoms with Crippen molar-refractivity contribution in [2.24, 2.45) is 11.1 Å². The molecule has 0 aliphatic carbocycles. The summed E-state index contributed by atoms with van der Waals surface area (Å²) in [4.78, 5) is 0. The van der Waals surface area contributed by atoms with E-state index in [4.69, 9.17) is 10.5 Å². The highest BCUT2D eigenvalue weighted by molar-refractivity contribution is 5.26. The Bertz CT molecular complexity index is 277. The van der Waals surface area contributed by atoms with Crippen LogP contribution in [0.25, 0.3) is 0 Å². The van der Waals surface area contributed by atoms with Gasteiger partial charge in [-0.2, -0.15) is 0 Å². The lowest BCUT2D eigenvalue weighted by molar-refractivity contribution is 0.187. The van der Waals surface area contributed by atoms with Crippen LogP contribution in [0.2, 0.25) is 0 Å². The van der Waals surface area contributed by atoms with Crippen LogP contribution in [0.3, 0.4) is 0 Å². The molecule has 0 aliphatic heterocycles. The Kier molecular flexibility index (Phi) is 3.53. The van der Waals surface area contributed by atoms with E-state index < -0.39 is 0 Å². The molecule has 2 N–H and O–H groups in total. The summed E-state index contributed by atoms with van der Waals surface area (Å²) in [6.45, 7) is 7.56. The maximum Gasteiger partial charge on any atom is 0.119 e. The zero-order valence-corrected chi connectivity index (χ0v) is 9.21. The van der Waals surface area contributed by atoms with Gasteiger partial charge in [-0.3, -0.25) is 0 Å². The maximum atomic E-state index is 5.64. The molecule has 0 amide bonds. The molecule has 0 bridgehead atoms. The first kappa shape index (κ1) is 11.1. The topological polar surface area (TPSA) is 35.2 Å². The monoisotopic (exact) mass is 193 g/mol. The predicted octanol–water partition coefficient (Wildman–Crippen LogP) is 2.36. The van der Waals surface area contributed by atoms with Gasteiger partial charge in [-0.1, -0.05) is 31.5 Å². The van der Waals surface area contributed by atoms with Crippen LogP contribution in [0, 0.1) is 12.3 Å². The van der Waals surface area contributed by atoms with Crippen molar-refractivity contribution in [3.63, 3.8) is 0 Å². The van der Waals surface area contributed by atoms with E-state index in [1.165, 1.54) is 5.56 Å². The van der Waals surface area contributed by atoms with E-state index in [2.05, 4.69) is 20.8 Å². The Morgan fingerprint density at radius 1 is 1.21 bits per heavy atom. The van der Waals surface area contributed by atoms with Crippen LogP contribution < -0.4 is 10.5 Å². The molecule has 0 radical (unpaired) electrons. The van der Waals surface area contributed by atoms with Gasteiger partial charge in [0.05, 0.1) is 6.61 Å². The van der Waals surface area contributed by atoms with Gasteiger partial charge in [0.2, 0.25) is 0 Å². The first-order valence-electron chi connectivity index (χ1n) is 4.93. The quantitative estimate of drug-likeness (QED) is 0.796. The molecule has 1 rings (SSSR count). The largest absolute Gasteiger partial charge is 0.493 e. The van der Waals surface area contributed by atoms with E-state index >= 15 is 0 Å². The smallest absolute Gasteiger partial charge is 0.119 e. The van der Waals surface area contributed by atoms with Gasteiger partial charge in [-0.15, -0.1) is 0 Å². The van der Waals surface area contributed by atoms with E-state index in [0.717, 1.165) is 5.75 Å². The van der Waals surface area contributed by atoms with E-state index in [1.807, 2.05) is 24.3 Å².